The molecule has 68 heavy (non-hydrogen) atoms. The van der Waals surface area contributed by atoms with E-state index < -0.39 is 0 Å². The number of nitrogens with zero attached hydrogens (tertiary/aromatic N) is 1. The summed E-state index contributed by atoms with van der Waals surface area (Å²) < 4.78 is 6.47. The van der Waals surface area contributed by atoms with Crippen molar-refractivity contribution >= 4 is 39.0 Å². The maximum absolute atomic E-state index is 6.47. The minimum Gasteiger partial charge on any atom is -0.455 e. The minimum atomic E-state index is -0.203. The number of hydrogen-bond donors (Lipinski definition) is 0. The summed E-state index contributed by atoms with van der Waals surface area (Å²) in [5, 5.41) is 2.27. The molecule has 1 aromatic heterocycles. The molecule has 11 aromatic rings. The Morgan fingerprint density at radius 2 is 0.794 bits per heavy atom. The van der Waals surface area contributed by atoms with Crippen LogP contribution in [0.3, 0.4) is 0 Å². The number of anilines is 3. The largest absolute Gasteiger partial charge is 0.455 e. The van der Waals surface area contributed by atoms with E-state index in [4.69, 9.17) is 4.42 Å². The van der Waals surface area contributed by atoms with E-state index in [0.29, 0.717) is 0 Å². The van der Waals surface area contributed by atoms with E-state index in [-0.39, 0.29) is 10.8 Å². The van der Waals surface area contributed by atoms with Crippen LogP contribution in [0.25, 0.3) is 88.7 Å². The molecule has 0 spiro atoms. The first-order valence-electron chi connectivity index (χ1n) is 23.8. The van der Waals surface area contributed by atoms with Crippen molar-refractivity contribution < 1.29 is 4.42 Å². The number of furan rings is 1. The average Bonchev–Trinajstić information content (AvgIpc) is 3.96. The van der Waals surface area contributed by atoms with Crippen LogP contribution in [-0.4, -0.2) is 0 Å². The number of hydrogen-bond acceptors (Lipinski definition) is 2. The predicted octanol–water partition coefficient (Wildman–Crippen LogP) is 18.3. The van der Waals surface area contributed by atoms with Gasteiger partial charge in [-0.15, -0.1) is 0 Å². The molecule has 0 amide bonds. The smallest absolute Gasteiger partial charge is 0.143 e. The van der Waals surface area contributed by atoms with Gasteiger partial charge in [0.05, 0.1) is 0 Å². The minimum absolute atomic E-state index is 0.0959. The number of rotatable bonds is 7. The van der Waals surface area contributed by atoms with Crippen molar-refractivity contribution in [2.45, 2.75) is 38.5 Å². The number of para-hydroxylation sites is 2. The molecule has 0 radical (unpaired) electrons. The Kier molecular flexibility index (Phi) is 8.95. The molecule has 0 fully saturated rings. The lowest BCUT2D eigenvalue weighted by Crippen LogP contribution is -2.17. The molecule has 0 saturated heterocycles. The van der Waals surface area contributed by atoms with Gasteiger partial charge < -0.3 is 9.32 Å². The summed E-state index contributed by atoms with van der Waals surface area (Å²) >= 11 is 0. The third kappa shape index (κ3) is 6.17. The molecule has 2 aliphatic rings. The van der Waals surface area contributed by atoms with Crippen molar-refractivity contribution in [2.24, 2.45) is 0 Å². The second-order valence-electron chi connectivity index (χ2n) is 19.7. The molecule has 1 heterocycles. The van der Waals surface area contributed by atoms with E-state index in [9.17, 15) is 0 Å². The molecule has 0 aliphatic heterocycles. The molecule has 2 aliphatic carbocycles. The van der Waals surface area contributed by atoms with Gasteiger partial charge in [-0.1, -0.05) is 185 Å². The van der Waals surface area contributed by atoms with E-state index in [1.807, 2.05) is 12.1 Å². The zero-order valence-corrected chi connectivity index (χ0v) is 38.7. The second-order valence-corrected chi connectivity index (χ2v) is 19.7. The van der Waals surface area contributed by atoms with Gasteiger partial charge in [0.15, 0.2) is 0 Å². The van der Waals surface area contributed by atoms with Crippen molar-refractivity contribution in [2.75, 3.05) is 4.90 Å². The van der Waals surface area contributed by atoms with E-state index in [2.05, 4.69) is 245 Å². The van der Waals surface area contributed by atoms with Crippen molar-refractivity contribution in [1.82, 2.24) is 0 Å². The quantitative estimate of drug-likeness (QED) is 0.159. The van der Waals surface area contributed by atoms with E-state index in [1.54, 1.807) is 0 Å². The molecule has 2 heteroatoms. The van der Waals surface area contributed by atoms with Gasteiger partial charge in [0, 0.05) is 44.2 Å². The van der Waals surface area contributed by atoms with E-state index in [1.165, 1.54) is 77.9 Å². The molecule has 0 unspecified atom stereocenters. The zero-order chi connectivity index (χ0) is 45.7. The molecule has 13 rings (SSSR count). The van der Waals surface area contributed by atoms with Gasteiger partial charge in [0.25, 0.3) is 0 Å². The fourth-order valence-electron chi connectivity index (χ4n) is 11.5. The van der Waals surface area contributed by atoms with Gasteiger partial charge in [-0.3, -0.25) is 0 Å². The summed E-state index contributed by atoms with van der Waals surface area (Å²) in [5.74, 6) is 0. The maximum Gasteiger partial charge on any atom is 0.143 e. The first-order chi connectivity index (χ1) is 33.2. The standard InChI is InChI=1S/C66H49NO/c1-65(2)58-24-13-11-20-52(58)56-40-60-57(41-59(56)65)63-55(38-47(39-61(63)66(60,3)4)43-18-9-6-10-19-43)46-30-36-50(37-31-46)67(48-32-26-44(27-33-48)42-16-7-5-8-17-42)49-34-28-45(29-35-49)51-22-15-23-54-53-21-12-14-25-62(53)68-64(51)54/h5-41H,1-4H3. The Labute approximate surface area is 398 Å². The lowest BCUT2D eigenvalue weighted by molar-refractivity contribution is 0.652. The van der Waals surface area contributed by atoms with Crippen molar-refractivity contribution in [3.8, 4) is 66.8 Å². The maximum atomic E-state index is 6.47. The summed E-state index contributed by atoms with van der Waals surface area (Å²) in [6, 6.07) is 82.3. The van der Waals surface area contributed by atoms with Gasteiger partial charge in [0.2, 0.25) is 0 Å². The van der Waals surface area contributed by atoms with Crippen LogP contribution >= 0.6 is 0 Å². The van der Waals surface area contributed by atoms with Crippen LogP contribution in [0.15, 0.2) is 229 Å². The first-order valence-corrected chi connectivity index (χ1v) is 23.8. The average molecular weight is 872 g/mol. The van der Waals surface area contributed by atoms with Crippen LogP contribution in [0.1, 0.15) is 49.9 Å². The van der Waals surface area contributed by atoms with Crippen LogP contribution in [0, 0.1) is 0 Å². The highest BCUT2D eigenvalue weighted by Crippen LogP contribution is 2.58. The Morgan fingerprint density at radius 3 is 1.47 bits per heavy atom. The topological polar surface area (TPSA) is 16.4 Å². The normalized spacial score (nSPS) is 13.8. The summed E-state index contributed by atoms with van der Waals surface area (Å²) in [4.78, 5) is 2.37. The fourth-order valence-corrected chi connectivity index (χ4v) is 11.5. The molecular weight excluding hydrogens is 823 g/mol. The number of fused-ring (bicyclic) bond motifs is 9. The molecule has 2 nitrogen and oxygen atoms in total. The first kappa shape index (κ1) is 40.1. The Bertz CT molecular complexity index is 3740. The predicted molar refractivity (Wildman–Crippen MR) is 285 cm³/mol. The fraction of sp³-hybridized carbons (Fsp3) is 0.0909. The van der Waals surface area contributed by atoms with Crippen molar-refractivity contribution in [3.63, 3.8) is 0 Å². The van der Waals surface area contributed by atoms with Gasteiger partial charge in [-0.25, -0.2) is 0 Å². The van der Waals surface area contributed by atoms with Crippen LogP contribution in [0.2, 0.25) is 0 Å². The molecule has 10 aromatic carbocycles. The lowest BCUT2D eigenvalue weighted by atomic mass is 9.79. The van der Waals surface area contributed by atoms with Crippen LogP contribution < -0.4 is 4.90 Å². The molecular formula is C66H49NO. The van der Waals surface area contributed by atoms with Crippen LogP contribution in [-0.2, 0) is 10.8 Å². The van der Waals surface area contributed by atoms with Crippen LogP contribution in [0.4, 0.5) is 17.1 Å². The summed E-state index contributed by atoms with van der Waals surface area (Å²) in [7, 11) is 0. The number of benzene rings is 10. The summed E-state index contributed by atoms with van der Waals surface area (Å²) in [5.41, 5.74) is 25.3. The Hall–Kier alpha value is -8.20. The van der Waals surface area contributed by atoms with E-state index in [0.717, 1.165) is 50.1 Å². The lowest BCUT2D eigenvalue weighted by Gasteiger charge is -2.26. The van der Waals surface area contributed by atoms with Crippen LogP contribution in [0.5, 0.6) is 0 Å². The van der Waals surface area contributed by atoms with Crippen molar-refractivity contribution in [3.05, 3.63) is 247 Å². The zero-order valence-electron chi connectivity index (χ0n) is 38.7. The third-order valence-corrected chi connectivity index (χ3v) is 15.1. The monoisotopic (exact) mass is 871 g/mol. The van der Waals surface area contributed by atoms with Gasteiger partial charge in [-0.2, -0.15) is 0 Å². The molecule has 0 saturated carbocycles. The summed E-state index contributed by atoms with van der Waals surface area (Å²) in [6.45, 7) is 9.61. The van der Waals surface area contributed by atoms with E-state index >= 15 is 0 Å². The Balaban J connectivity index is 0.945. The molecule has 324 valence electrons. The molecule has 0 bridgehead atoms. The summed E-state index contributed by atoms with van der Waals surface area (Å²) in [6.07, 6.45) is 0. The van der Waals surface area contributed by atoms with Gasteiger partial charge >= 0.3 is 0 Å². The third-order valence-electron chi connectivity index (χ3n) is 15.1. The highest BCUT2D eigenvalue weighted by molar-refractivity contribution is 6.09. The molecule has 0 N–H and O–H groups in total. The van der Waals surface area contributed by atoms with Crippen molar-refractivity contribution in [1.29, 1.82) is 0 Å². The Morgan fingerprint density at radius 1 is 0.309 bits per heavy atom. The highest BCUT2D eigenvalue weighted by Gasteiger charge is 2.42. The molecule has 0 atom stereocenters. The van der Waals surface area contributed by atoms with Gasteiger partial charge in [-0.05, 0) is 150 Å². The second kappa shape index (κ2) is 15.2. The van der Waals surface area contributed by atoms with Gasteiger partial charge in [0.1, 0.15) is 11.2 Å². The highest BCUT2D eigenvalue weighted by atomic mass is 16.3. The SMILES string of the molecule is CC1(C)c2ccccc2-c2cc3c(cc21)-c1c(-c2ccc(N(c4ccc(-c5ccccc5)cc4)c4ccc(-c5cccc6c5oc5ccccc56)cc4)cc2)cc(-c2ccccc2)cc1C3(C)C.